The van der Waals surface area contributed by atoms with Gasteiger partial charge in [-0.1, -0.05) is 38.0 Å². The minimum absolute atomic E-state index is 0.165. The first-order valence-electron chi connectivity index (χ1n) is 10.6. The van der Waals surface area contributed by atoms with Crippen LogP contribution in [0.2, 0.25) is 0 Å². The average Bonchev–Trinajstić information content (AvgIpc) is 3.19. The summed E-state index contributed by atoms with van der Waals surface area (Å²) in [6, 6.07) is 10.4. The largest absolute Gasteiger partial charge is 0.345 e. The summed E-state index contributed by atoms with van der Waals surface area (Å²) in [4.78, 5) is 21.8. The lowest BCUT2D eigenvalue weighted by atomic mass is 9.79. The Morgan fingerprint density at radius 2 is 1.83 bits per heavy atom. The third-order valence-electron chi connectivity index (χ3n) is 6.35. The van der Waals surface area contributed by atoms with Crippen LogP contribution in [-0.2, 0) is 0 Å². The summed E-state index contributed by atoms with van der Waals surface area (Å²) in [6.45, 7) is 2.28. The molecule has 1 heterocycles. The molecule has 2 aromatic carbocycles. The SMILES string of the molecule is CC1CCC(C(N)c2nc3c(F)c(-c4ccccc4C(=O)N(C)C)ccc3[nH]2)CC1. The first-order valence-corrected chi connectivity index (χ1v) is 10.6. The number of H-pyrrole nitrogens is 1. The van der Waals surface area contributed by atoms with Crippen LogP contribution in [0, 0.1) is 17.7 Å². The van der Waals surface area contributed by atoms with Crippen molar-refractivity contribution in [1.82, 2.24) is 14.9 Å². The molecule has 1 aromatic heterocycles. The zero-order chi connectivity index (χ0) is 21.4. The van der Waals surface area contributed by atoms with E-state index in [-0.39, 0.29) is 17.5 Å². The number of fused-ring (bicyclic) bond motifs is 1. The van der Waals surface area contributed by atoms with E-state index in [2.05, 4.69) is 16.9 Å². The van der Waals surface area contributed by atoms with Crippen molar-refractivity contribution in [3.8, 4) is 11.1 Å². The number of hydrogen-bond acceptors (Lipinski definition) is 3. The molecular weight excluding hydrogens is 379 g/mol. The Bertz CT molecular complexity index is 1070. The van der Waals surface area contributed by atoms with Crippen LogP contribution in [0.25, 0.3) is 22.2 Å². The molecular formula is C24H29FN4O. The van der Waals surface area contributed by atoms with E-state index < -0.39 is 5.82 Å². The molecule has 0 spiro atoms. The Morgan fingerprint density at radius 1 is 1.13 bits per heavy atom. The van der Waals surface area contributed by atoms with E-state index in [1.54, 1.807) is 44.4 Å². The van der Waals surface area contributed by atoms with Gasteiger partial charge in [0.15, 0.2) is 5.82 Å². The van der Waals surface area contributed by atoms with Crippen LogP contribution in [0.1, 0.15) is 54.8 Å². The number of nitrogens with zero attached hydrogens (tertiary/aromatic N) is 2. The zero-order valence-corrected chi connectivity index (χ0v) is 17.8. The maximum absolute atomic E-state index is 15.5. The van der Waals surface area contributed by atoms with Gasteiger partial charge in [0.1, 0.15) is 11.3 Å². The molecule has 4 rings (SSSR count). The van der Waals surface area contributed by atoms with E-state index in [4.69, 9.17) is 5.73 Å². The van der Waals surface area contributed by atoms with E-state index in [1.807, 2.05) is 6.07 Å². The summed E-state index contributed by atoms with van der Waals surface area (Å²) in [5.41, 5.74) is 8.80. The Labute approximate surface area is 176 Å². The van der Waals surface area contributed by atoms with Crippen molar-refractivity contribution in [2.75, 3.05) is 14.1 Å². The van der Waals surface area contributed by atoms with Gasteiger partial charge in [0.25, 0.3) is 5.91 Å². The highest BCUT2D eigenvalue weighted by atomic mass is 19.1. The van der Waals surface area contributed by atoms with Crippen molar-refractivity contribution in [2.45, 2.75) is 38.6 Å². The van der Waals surface area contributed by atoms with Crippen LogP contribution >= 0.6 is 0 Å². The van der Waals surface area contributed by atoms with E-state index in [0.29, 0.717) is 33.9 Å². The number of hydrogen-bond donors (Lipinski definition) is 2. The molecule has 3 N–H and O–H groups in total. The molecule has 1 aliphatic rings. The number of halogens is 1. The minimum atomic E-state index is -0.432. The van der Waals surface area contributed by atoms with Crippen LogP contribution in [0.4, 0.5) is 4.39 Å². The number of carbonyl (C=O) groups excluding carboxylic acids is 1. The summed E-state index contributed by atoms with van der Waals surface area (Å²) >= 11 is 0. The van der Waals surface area contributed by atoms with E-state index >= 15 is 4.39 Å². The van der Waals surface area contributed by atoms with Crippen molar-refractivity contribution >= 4 is 16.9 Å². The third-order valence-corrected chi connectivity index (χ3v) is 6.35. The number of benzene rings is 2. The molecule has 30 heavy (non-hydrogen) atoms. The standard InChI is InChI=1S/C24H29FN4O/c1-14-8-10-15(11-9-14)21(26)23-27-19-13-12-17(20(25)22(19)28-23)16-6-4-5-7-18(16)24(30)29(2)3/h4-7,12-15,21H,8-11,26H2,1-3H3,(H,27,28). The number of rotatable bonds is 4. The summed E-state index contributed by atoms with van der Waals surface area (Å²) in [7, 11) is 3.37. The van der Waals surface area contributed by atoms with Crippen molar-refractivity contribution in [1.29, 1.82) is 0 Å². The summed E-state index contributed by atoms with van der Waals surface area (Å²) < 4.78 is 15.5. The second-order valence-electron chi connectivity index (χ2n) is 8.74. The van der Waals surface area contributed by atoms with Crippen LogP contribution in [0.5, 0.6) is 0 Å². The van der Waals surface area contributed by atoms with E-state index in [9.17, 15) is 4.79 Å². The molecule has 0 radical (unpaired) electrons. The topological polar surface area (TPSA) is 75.0 Å². The number of imidazole rings is 1. The average molecular weight is 409 g/mol. The summed E-state index contributed by atoms with van der Waals surface area (Å²) in [6.07, 6.45) is 4.50. The molecule has 1 fully saturated rings. The van der Waals surface area contributed by atoms with Gasteiger partial charge in [-0.3, -0.25) is 4.79 Å². The van der Waals surface area contributed by atoms with Crippen LogP contribution < -0.4 is 5.73 Å². The molecule has 158 valence electrons. The fourth-order valence-corrected chi connectivity index (χ4v) is 4.44. The van der Waals surface area contributed by atoms with Crippen molar-refractivity contribution in [2.24, 2.45) is 17.6 Å². The summed E-state index contributed by atoms with van der Waals surface area (Å²) in [5, 5.41) is 0. The number of carbonyl (C=O) groups is 1. The zero-order valence-electron chi connectivity index (χ0n) is 17.8. The lowest BCUT2D eigenvalue weighted by molar-refractivity contribution is 0.0828. The van der Waals surface area contributed by atoms with Crippen molar-refractivity contribution in [3.63, 3.8) is 0 Å². The molecule has 0 aliphatic heterocycles. The van der Waals surface area contributed by atoms with Gasteiger partial charge in [0.05, 0.1) is 11.6 Å². The minimum Gasteiger partial charge on any atom is -0.345 e. The van der Waals surface area contributed by atoms with Gasteiger partial charge in [0, 0.05) is 25.2 Å². The van der Waals surface area contributed by atoms with Gasteiger partial charge < -0.3 is 15.6 Å². The fraction of sp³-hybridized carbons (Fsp3) is 0.417. The normalized spacial score (nSPS) is 20.3. The number of aromatic nitrogens is 2. The Balaban J connectivity index is 1.72. The second kappa shape index (κ2) is 8.19. The maximum atomic E-state index is 15.5. The molecule has 0 saturated heterocycles. The van der Waals surface area contributed by atoms with Gasteiger partial charge >= 0.3 is 0 Å². The first kappa shape index (κ1) is 20.5. The first-order chi connectivity index (χ1) is 14.4. The predicted octanol–water partition coefficient (Wildman–Crippen LogP) is 4.90. The second-order valence-corrected chi connectivity index (χ2v) is 8.74. The van der Waals surface area contributed by atoms with Crippen molar-refractivity contribution in [3.05, 3.63) is 53.6 Å². The Kier molecular flexibility index (Phi) is 5.60. The number of aromatic amines is 1. The molecule has 1 aliphatic carbocycles. The molecule has 1 atom stereocenters. The quantitative estimate of drug-likeness (QED) is 0.645. The smallest absolute Gasteiger partial charge is 0.253 e. The Morgan fingerprint density at radius 3 is 2.53 bits per heavy atom. The lowest BCUT2D eigenvalue weighted by Crippen LogP contribution is -2.26. The molecule has 3 aromatic rings. The molecule has 5 nitrogen and oxygen atoms in total. The van der Waals surface area contributed by atoms with Gasteiger partial charge in [-0.25, -0.2) is 9.37 Å². The third kappa shape index (κ3) is 3.72. The number of nitrogens with two attached hydrogens (primary N) is 1. The van der Waals surface area contributed by atoms with Gasteiger partial charge in [-0.2, -0.15) is 0 Å². The Hall–Kier alpha value is -2.73. The lowest BCUT2D eigenvalue weighted by Gasteiger charge is -2.29. The van der Waals surface area contributed by atoms with E-state index in [0.717, 1.165) is 18.8 Å². The van der Waals surface area contributed by atoms with Crippen LogP contribution in [0.3, 0.4) is 0 Å². The number of nitrogens with one attached hydrogen (secondary N) is 1. The van der Waals surface area contributed by atoms with Gasteiger partial charge in [0.2, 0.25) is 0 Å². The van der Waals surface area contributed by atoms with Crippen molar-refractivity contribution < 1.29 is 9.18 Å². The van der Waals surface area contributed by atoms with Crippen LogP contribution in [-0.4, -0.2) is 34.9 Å². The van der Waals surface area contributed by atoms with Gasteiger partial charge in [-0.05, 0) is 48.4 Å². The van der Waals surface area contributed by atoms with E-state index in [1.165, 1.54) is 17.7 Å². The number of amides is 1. The monoisotopic (exact) mass is 408 g/mol. The molecule has 1 unspecified atom stereocenters. The highest BCUT2D eigenvalue weighted by molar-refractivity contribution is 6.01. The van der Waals surface area contributed by atoms with Gasteiger partial charge in [-0.15, -0.1) is 0 Å². The highest BCUT2D eigenvalue weighted by Gasteiger charge is 2.27. The molecule has 6 heteroatoms. The molecule has 1 saturated carbocycles. The maximum Gasteiger partial charge on any atom is 0.253 e. The van der Waals surface area contributed by atoms with Crippen LogP contribution in [0.15, 0.2) is 36.4 Å². The summed E-state index contributed by atoms with van der Waals surface area (Å²) in [5.74, 6) is 1.15. The molecule has 0 bridgehead atoms. The predicted molar refractivity (Wildman–Crippen MR) is 118 cm³/mol. The molecule has 1 amide bonds. The fourth-order valence-electron chi connectivity index (χ4n) is 4.44. The highest BCUT2D eigenvalue weighted by Crippen LogP contribution is 2.36.